The maximum Gasteiger partial charge on any atom is 0.257 e. The highest BCUT2D eigenvalue weighted by Gasteiger charge is 2.31. The van der Waals surface area contributed by atoms with Crippen molar-refractivity contribution in [2.75, 3.05) is 26.7 Å². The molecule has 25 heavy (non-hydrogen) atoms. The van der Waals surface area contributed by atoms with Gasteiger partial charge in [0.1, 0.15) is 5.75 Å². The average Bonchev–Trinajstić information content (AvgIpc) is 2.61. The lowest BCUT2D eigenvalue weighted by Crippen LogP contribution is -2.49. The normalized spacial score (nSPS) is 16.4. The molecule has 0 radical (unpaired) electrons. The van der Waals surface area contributed by atoms with E-state index in [9.17, 15) is 9.18 Å². The van der Waals surface area contributed by atoms with E-state index in [-0.39, 0.29) is 42.3 Å². The monoisotopic (exact) mass is 387 g/mol. The maximum absolute atomic E-state index is 13.9. The van der Waals surface area contributed by atoms with Gasteiger partial charge in [0, 0.05) is 31.4 Å². The summed E-state index contributed by atoms with van der Waals surface area (Å²) < 4.78 is 19.3. The van der Waals surface area contributed by atoms with Crippen LogP contribution in [0, 0.1) is 5.82 Å². The summed E-state index contributed by atoms with van der Waals surface area (Å²) in [6, 6.07) is 8.79. The number of aromatic nitrogens is 1. The number of hydrogen-bond donors (Lipinski definition) is 1. The predicted octanol–water partition coefficient (Wildman–Crippen LogP) is 2.86. The standard InChI is InChI=1S/C17H18FN3O2.2ClH/c1-23-16-5-3-2-4-13(16)15-11-20-8-9-21(15)17(22)12-6-7-19-10-14(12)18;;/h2-7,10,15,20H,8-9,11H2,1H3;2*1H. The molecular formula is C17H20Cl2FN3O2. The van der Waals surface area contributed by atoms with Gasteiger partial charge in [0.05, 0.1) is 24.9 Å². The number of piperazine rings is 1. The van der Waals surface area contributed by atoms with Crippen molar-refractivity contribution in [3.8, 4) is 5.75 Å². The van der Waals surface area contributed by atoms with Crippen molar-refractivity contribution in [2.24, 2.45) is 0 Å². The molecule has 0 spiro atoms. The third-order valence-electron chi connectivity index (χ3n) is 4.01. The fourth-order valence-corrected chi connectivity index (χ4v) is 2.87. The van der Waals surface area contributed by atoms with Gasteiger partial charge in [-0.1, -0.05) is 18.2 Å². The fraction of sp³-hybridized carbons (Fsp3) is 0.294. The first-order chi connectivity index (χ1) is 11.2. The van der Waals surface area contributed by atoms with Crippen LogP contribution >= 0.6 is 24.8 Å². The Balaban J connectivity index is 0.00000156. The van der Waals surface area contributed by atoms with Gasteiger partial charge in [0.25, 0.3) is 5.91 Å². The second-order valence-electron chi connectivity index (χ2n) is 5.32. The number of nitrogens with zero attached hydrogens (tertiary/aromatic N) is 2. The van der Waals surface area contributed by atoms with Crippen molar-refractivity contribution in [2.45, 2.75) is 6.04 Å². The van der Waals surface area contributed by atoms with E-state index in [1.54, 1.807) is 12.0 Å². The molecule has 1 unspecified atom stereocenters. The summed E-state index contributed by atoms with van der Waals surface area (Å²) in [5.41, 5.74) is 0.951. The highest BCUT2D eigenvalue weighted by Crippen LogP contribution is 2.31. The molecule has 3 rings (SSSR count). The van der Waals surface area contributed by atoms with Gasteiger partial charge < -0.3 is 15.0 Å². The van der Waals surface area contributed by atoms with Crippen LogP contribution in [-0.2, 0) is 0 Å². The lowest BCUT2D eigenvalue weighted by Gasteiger charge is -2.37. The molecule has 0 bridgehead atoms. The van der Waals surface area contributed by atoms with Crippen LogP contribution < -0.4 is 10.1 Å². The predicted molar refractivity (Wildman–Crippen MR) is 98.3 cm³/mol. The summed E-state index contributed by atoms with van der Waals surface area (Å²) >= 11 is 0. The minimum atomic E-state index is -0.602. The molecule has 1 atom stereocenters. The first-order valence-corrected chi connectivity index (χ1v) is 7.46. The zero-order valence-electron chi connectivity index (χ0n) is 13.6. The average molecular weight is 388 g/mol. The van der Waals surface area contributed by atoms with E-state index in [0.29, 0.717) is 25.4 Å². The second-order valence-corrected chi connectivity index (χ2v) is 5.32. The van der Waals surface area contributed by atoms with Gasteiger partial charge in [-0.15, -0.1) is 24.8 Å². The lowest BCUT2D eigenvalue weighted by atomic mass is 10.0. The van der Waals surface area contributed by atoms with Crippen LogP contribution in [-0.4, -0.2) is 42.5 Å². The first-order valence-electron chi connectivity index (χ1n) is 7.46. The van der Waals surface area contributed by atoms with Crippen molar-refractivity contribution < 1.29 is 13.9 Å². The fourth-order valence-electron chi connectivity index (χ4n) is 2.87. The van der Waals surface area contributed by atoms with Crippen molar-refractivity contribution >= 4 is 30.7 Å². The number of carbonyl (C=O) groups excluding carboxylic acids is 1. The smallest absolute Gasteiger partial charge is 0.257 e. The summed E-state index contributed by atoms with van der Waals surface area (Å²) in [5.74, 6) is -0.216. The van der Waals surface area contributed by atoms with E-state index in [1.165, 1.54) is 12.3 Å². The van der Waals surface area contributed by atoms with E-state index in [4.69, 9.17) is 4.74 Å². The van der Waals surface area contributed by atoms with Crippen LogP contribution in [0.2, 0.25) is 0 Å². The van der Waals surface area contributed by atoms with Crippen molar-refractivity contribution in [1.82, 2.24) is 15.2 Å². The molecule has 0 saturated carbocycles. The van der Waals surface area contributed by atoms with Crippen LogP contribution in [0.5, 0.6) is 5.75 Å². The zero-order valence-corrected chi connectivity index (χ0v) is 15.3. The minimum Gasteiger partial charge on any atom is -0.496 e. The Bertz CT molecular complexity index is 718. The van der Waals surface area contributed by atoms with Crippen molar-refractivity contribution in [3.05, 3.63) is 59.7 Å². The second kappa shape index (κ2) is 9.56. The van der Waals surface area contributed by atoms with Gasteiger partial charge in [-0.3, -0.25) is 9.78 Å². The molecule has 136 valence electrons. The van der Waals surface area contributed by atoms with Gasteiger partial charge in [-0.2, -0.15) is 0 Å². The van der Waals surface area contributed by atoms with Crippen LogP contribution in [0.25, 0.3) is 0 Å². The molecule has 1 aromatic carbocycles. The number of hydrogen-bond acceptors (Lipinski definition) is 4. The number of para-hydroxylation sites is 1. The van der Waals surface area contributed by atoms with Crippen molar-refractivity contribution in [3.63, 3.8) is 0 Å². The summed E-state index contributed by atoms with van der Waals surface area (Å²) in [4.78, 5) is 18.2. The number of ether oxygens (including phenoxy) is 1. The number of carbonyl (C=O) groups is 1. The van der Waals surface area contributed by atoms with Crippen LogP contribution in [0.15, 0.2) is 42.7 Å². The Kier molecular flexibility index (Phi) is 8.09. The molecule has 1 N–H and O–H groups in total. The molecule has 1 aliphatic rings. The molecule has 1 aromatic heterocycles. The summed E-state index contributed by atoms with van der Waals surface area (Å²) in [5, 5.41) is 3.28. The van der Waals surface area contributed by atoms with Gasteiger partial charge >= 0.3 is 0 Å². The zero-order chi connectivity index (χ0) is 16.2. The van der Waals surface area contributed by atoms with E-state index in [2.05, 4.69) is 10.3 Å². The van der Waals surface area contributed by atoms with Gasteiger partial charge in [0.15, 0.2) is 5.82 Å². The van der Waals surface area contributed by atoms with Crippen molar-refractivity contribution in [1.29, 1.82) is 0 Å². The summed E-state index contributed by atoms with van der Waals surface area (Å²) in [6.45, 7) is 1.77. The van der Waals surface area contributed by atoms with Crippen LogP contribution in [0.4, 0.5) is 4.39 Å². The third-order valence-corrected chi connectivity index (χ3v) is 4.01. The van der Waals surface area contributed by atoms with E-state index in [0.717, 1.165) is 11.8 Å². The Morgan fingerprint density at radius 3 is 2.80 bits per heavy atom. The Morgan fingerprint density at radius 2 is 2.08 bits per heavy atom. The molecule has 1 fully saturated rings. The molecule has 1 amide bonds. The molecule has 1 saturated heterocycles. The topological polar surface area (TPSA) is 54.5 Å². The third kappa shape index (κ3) is 4.39. The summed E-state index contributed by atoms with van der Waals surface area (Å²) in [6.07, 6.45) is 2.49. The number of rotatable bonds is 3. The Morgan fingerprint density at radius 1 is 1.32 bits per heavy atom. The number of halogens is 3. The number of nitrogens with one attached hydrogen (secondary N) is 1. The maximum atomic E-state index is 13.9. The number of methoxy groups -OCH3 is 1. The Labute approximate surface area is 158 Å². The number of benzene rings is 1. The van der Waals surface area contributed by atoms with E-state index < -0.39 is 5.82 Å². The Hall–Kier alpha value is -1.89. The molecule has 2 heterocycles. The molecular weight excluding hydrogens is 368 g/mol. The lowest BCUT2D eigenvalue weighted by molar-refractivity contribution is 0.0626. The quantitative estimate of drug-likeness (QED) is 0.879. The number of amides is 1. The molecule has 8 heteroatoms. The van der Waals surface area contributed by atoms with Gasteiger partial charge in [0.2, 0.25) is 0 Å². The highest BCUT2D eigenvalue weighted by atomic mass is 35.5. The van der Waals surface area contributed by atoms with Gasteiger partial charge in [-0.25, -0.2) is 4.39 Å². The SMILES string of the molecule is COc1ccccc1C1CNCCN1C(=O)c1ccncc1F.Cl.Cl. The van der Waals surface area contributed by atoms with Crippen LogP contribution in [0.1, 0.15) is 22.0 Å². The van der Waals surface area contributed by atoms with Crippen LogP contribution in [0.3, 0.4) is 0 Å². The largest absolute Gasteiger partial charge is 0.496 e. The molecule has 5 nitrogen and oxygen atoms in total. The van der Waals surface area contributed by atoms with E-state index >= 15 is 0 Å². The highest BCUT2D eigenvalue weighted by molar-refractivity contribution is 5.94. The van der Waals surface area contributed by atoms with E-state index in [1.807, 2.05) is 24.3 Å². The number of pyridine rings is 1. The molecule has 1 aliphatic heterocycles. The molecule has 0 aliphatic carbocycles. The minimum absolute atomic E-state index is 0. The van der Waals surface area contributed by atoms with Gasteiger partial charge in [-0.05, 0) is 12.1 Å². The summed E-state index contributed by atoms with van der Waals surface area (Å²) in [7, 11) is 1.60. The first kappa shape index (κ1) is 21.2. The molecule has 2 aromatic rings.